The van der Waals surface area contributed by atoms with Crippen molar-refractivity contribution < 1.29 is 4.79 Å². The van der Waals surface area contributed by atoms with Crippen LogP contribution in [0, 0.1) is 19.8 Å². The number of carbonyl (C=O) groups excluding carboxylic acids is 1. The fourth-order valence-electron chi connectivity index (χ4n) is 4.12. The average molecular weight is 393 g/mol. The lowest BCUT2D eigenvalue weighted by molar-refractivity contribution is 0.0943. The van der Waals surface area contributed by atoms with Crippen molar-refractivity contribution in [1.29, 1.82) is 0 Å². The van der Waals surface area contributed by atoms with Gasteiger partial charge in [0.25, 0.3) is 5.91 Å². The van der Waals surface area contributed by atoms with Crippen LogP contribution in [-0.2, 0) is 6.54 Å². The molecular weight excluding hydrogens is 364 g/mol. The molecule has 29 heavy (non-hydrogen) atoms. The second-order valence-electron chi connectivity index (χ2n) is 7.72. The Morgan fingerprint density at radius 2 is 1.90 bits per heavy atom. The van der Waals surface area contributed by atoms with Crippen LogP contribution in [0.5, 0.6) is 0 Å². The highest BCUT2D eigenvalue weighted by Gasteiger charge is 2.23. The summed E-state index contributed by atoms with van der Waals surface area (Å²) < 4.78 is 1.88. The van der Waals surface area contributed by atoms with Crippen LogP contribution in [0.25, 0.3) is 11.0 Å². The van der Waals surface area contributed by atoms with E-state index in [1.807, 2.05) is 55.9 Å². The van der Waals surface area contributed by atoms with Crippen LogP contribution in [0.1, 0.15) is 41.5 Å². The molecule has 2 aromatic heterocycles. The monoisotopic (exact) mass is 392 g/mol. The van der Waals surface area contributed by atoms with Gasteiger partial charge in [0.2, 0.25) is 0 Å². The zero-order valence-electron chi connectivity index (χ0n) is 17.4. The van der Waals surface area contributed by atoms with Crippen molar-refractivity contribution in [2.45, 2.75) is 40.2 Å². The van der Waals surface area contributed by atoms with Gasteiger partial charge in [0.15, 0.2) is 0 Å². The first-order valence-corrected chi connectivity index (χ1v) is 10.4. The molecule has 1 N–H and O–H groups in total. The number of benzene rings is 1. The normalized spacial score (nSPS) is 15.1. The van der Waals surface area contributed by atoms with E-state index in [1.54, 1.807) is 0 Å². The van der Waals surface area contributed by atoms with Gasteiger partial charge in [-0.2, -0.15) is 5.10 Å². The van der Waals surface area contributed by atoms with Crippen LogP contribution < -0.4 is 10.2 Å². The van der Waals surface area contributed by atoms with Gasteiger partial charge in [-0.05, 0) is 51.7 Å². The second-order valence-corrected chi connectivity index (χ2v) is 7.72. The van der Waals surface area contributed by atoms with Crippen LogP contribution in [0.4, 0.5) is 5.82 Å². The highest BCUT2D eigenvalue weighted by atomic mass is 16.1. The Bertz CT molecular complexity index is 1020. The zero-order chi connectivity index (χ0) is 20.4. The Balaban J connectivity index is 1.33. The van der Waals surface area contributed by atoms with E-state index in [9.17, 15) is 4.79 Å². The quantitative estimate of drug-likeness (QED) is 0.722. The van der Waals surface area contributed by atoms with Crippen LogP contribution >= 0.6 is 0 Å². The van der Waals surface area contributed by atoms with Crippen LogP contribution in [0.15, 0.2) is 30.5 Å². The summed E-state index contributed by atoms with van der Waals surface area (Å²) >= 11 is 0. The van der Waals surface area contributed by atoms with Crippen LogP contribution in [0.3, 0.4) is 0 Å². The molecule has 1 amide bonds. The number of piperidine rings is 1. The SMILES string of the molecule is CCn1nc(C)c(C(=O)NCC2CCN(c3cnc4ccccc4n3)CC2)c1C. The first-order valence-electron chi connectivity index (χ1n) is 10.4. The minimum absolute atomic E-state index is 0.0116. The number of rotatable bonds is 5. The summed E-state index contributed by atoms with van der Waals surface area (Å²) in [6.07, 6.45) is 3.92. The van der Waals surface area contributed by atoms with E-state index in [-0.39, 0.29) is 5.91 Å². The molecule has 1 fully saturated rings. The Labute approximate surface area is 171 Å². The number of aromatic nitrogens is 4. The first kappa shape index (κ1) is 19.4. The van der Waals surface area contributed by atoms with Gasteiger partial charge >= 0.3 is 0 Å². The van der Waals surface area contributed by atoms with Gasteiger partial charge in [-0.3, -0.25) is 14.5 Å². The maximum atomic E-state index is 12.7. The molecule has 7 heteroatoms. The molecule has 0 bridgehead atoms. The molecule has 3 aromatic rings. The summed E-state index contributed by atoms with van der Waals surface area (Å²) in [6.45, 7) is 9.23. The maximum absolute atomic E-state index is 12.7. The van der Waals surface area contributed by atoms with Crippen molar-refractivity contribution in [3.63, 3.8) is 0 Å². The van der Waals surface area contributed by atoms with E-state index in [0.717, 1.165) is 66.3 Å². The van der Waals surface area contributed by atoms with Crippen LogP contribution in [-0.4, -0.2) is 45.3 Å². The number of hydrogen-bond acceptors (Lipinski definition) is 5. The predicted octanol–water partition coefficient (Wildman–Crippen LogP) is 3.11. The standard InChI is InChI=1S/C22H28N6O/c1-4-28-16(3)21(15(2)26-28)22(29)24-13-17-9-11-27(12-10-17)20-14-23-18-7-5-6-8-19(18)25-20/h5-8,14,17H,4,9-13H2,1-3H3,(H,24,29). The van der Waals surface area contributed by atoms with E-state index >= 15 is 0 Å². The Kier molecular flexibility index (Phi) is 5.47. The van der Waals surface area contributed by atoms with Crippen molar-refractivity contribution in [1.82, 2.24) is 25.1 Å². The number of carbonyl (C=O) groups is 1. The van der Waals surface area contributed by atoms with E-state index < -0.39 is 0 Å². The number of fused-ring (bicyclic) bond motifs is 1. The molecule has 1 aliphatic heterocycles. The molecule has 0 aliphatic carbocycles. The molecule has 4 rings (SSSR count). The Hall–Kier alpha value is -2.96. The molecule has 0 atom stereocenters. The fourth-order valence-corrected chi connectivity index (χ4v) is 4.12. The molecule has 1 saturated heterocycles. The van der Waals surface area contributed by atoms with Gasteiger partial charge in [0.05, 0.1) is 28.5 Å². The van der Waals surface area contributed by atoms with E-state index in [1.165, 1.54) is 0 Å². The first-order chi connectivity index (χ1) is 14.1. The van der Waals surface area contributed by atoms with Gasteiger partial charge in [0, 0.05) is 31.9 Å². The number of nitrogens with zero attached hydrogens (tertiary/aromatic N) is 5. The topological polar surface area (TPSA) is 75.9 Å². The van der Waals surface area contributed by atoms with Gasteiger partial charge in [-0.25, -0.2) is 4.98 Å². The van der Waals surface area contributed by atoms with Gasteiger partial charge in [0.1, 0.15) is 5.82 Å². The smallest absolute Gasteiger partial charge is 0.255 e. The number of nitrogens with one attached hydrogen (secondary N) is 1. The molecule has 1 aliphatic rings. The summed E-state index contributed by atoms with van der Waals surface area (Å²) in [4.78, 5) is 24.2. The summed E-state index contributed by atoms with van der Waals surface area (Å²) in [5.74, 6) is 1.40. The molecule has 7 nitrogen and oxygen atoms in total. The van der Waals surface area contributed by atoms with Gasteiger partial charge in [-0.15, -0.1) is 0 Å². The number of para-hydroxylation sites is 2. The highest BCUT2D eigenvalue weighted by molar-refractivity contribution is 5.96. The fraction of sp³-hybridized carbons (Fsp3) is 0.455. The minimum atomic E-state index is -0.0116. The second kappa shape index (κ2) is 8.19. The predicted molar refractivity (Wildman–Crippen MR) is 114 cm³/mol. The third kappa shape index (κ3) is 3.95. The van der Waals surface area contributed by atoms with Crippen molar-refractivity contribution in [3.05, 3.63) is 47.4 Å². The summed E-state index contributed by atoms with van der Waals surface area (Å²) in [7, 11) is 0. The van der Waals surface area contributed by atoms with E-state index in [2.05, 4.69) is 20.3 Å². The summed E-state index contributed by atoms with van der Waals surface area (Å²) in [5, 5.41) is 7.57. The largest absolute Gasteiger partial charge is 0.355 e. The van der Waals surface area contributed by atoms with Crippen LogP contribution in [0.2, 0.25) is 0 Å². The van der Waals surface area contributed by atoms with Gasteiger partial charge < -0.3 is 10.2 Å². The van der Waals surface area contributed by atoms with Gasteiger partial charge in [-0.1, -0.05) is 12.1 Å². The van der Waals surface area contributed by atoms with Crippen molar-refractivity contribution in [2.24, 2.45) is 5.92 Å². The lowest BCUT2D eigenvalue weighted by Gasteiger charge is -2.32. The third-order valence-corrected chi connectivity index (χ3v) is 5.83. The molecule has 1 aromatic carbocycles. The van der Waals surface area contributed by atoms with Crippen molar-refractivity contribution in [3.8, 4) is 0 Å². The minimum Gasteiger partial charge on any atom is -0.355 e. The van der Waals surface area contributed by atoms with E-state index in [4.69, 9.17) is 4.98 Å². The number of anilines is 1. The average Bonchev–Trinajstić information content (AvgIpc) is 3.05. The van der Waals surface area contributed by atoms with Crippen molar-refractivity contribution >= 4 is 22.8 Å². The maximum Gasteiger partial charge on any atom is 0.255 e. The zero-order valence-corrected chi connectivity index (χ0v) is 17.4. The van der Waals surface area contributed by atoms with Crippen molar-refractivity contribution in [2.75, 3.05) is 24.5 Å². The lowest BCUT2D eigenvalue weighted by atomic mass is 9.96. The Morgan fingerprint density at radius 1 is 1.17 bits per heavy atom. The number of aryl methyl sites for hydroxylation is 2. The molecule has 0 saturated carbocycles. The number of amides is 1. The lowest BCUT2D eigenvalue weighted by Crippen LogP contribution is -2.39. The summed E-state index contributed by atoms with van der Waals surface area (Å²) in [5.41, 5.74) is 4.30. The summed E-state index contributed by atoms with van der Waals surface area (Å²) in [6, 6.07) is 7.95. The number of hydrogen-bond donors (Lipinski definition) is 1. The third-order valence-electron chi connectivity index (χ3n) is 5.83. The molecule has 152 valence electrons. The Morgan fingerprint density at radius 3 is 2.59 bits per heavy atom. The molecule has 3 heterocycles. The molecule has 0 spiro atoms. The molecular formula is C22H28N6O. The molecule has 0 unspecified atom stereocenters. The molecule has 0 radical (unpaired) electrons. The van der Waals surface area contributed by atoms with E-state index in [0.29, 0.717) is 12.5 Å². The highest BCUT2D eigenvalue weighted by Crippen LogP contribution is 2.23.